The summed E-state index contributed by atoms with van der Waals surface area (Å²) in [6, 6.07) is 2.38. The van der Waals surface area contributed by atoms with E-state index >= 15 is 0 Å². The summed E-state index contributed by atoms with van der Waals surface area (Å²) < 4.78 is 40.2. The molecule has 0 bridgehead atoms. The summed E-state index contributed by atoms with van der Waals surface area (Å²) in [5.41, 5.74) is 0.964. The predicted molar refractivity (Wildman–Crippen MR) is 95.3 cm³/mol. The van der Waals surface area contributed by atoms with Crippen LogP contribution >= 0.6 is 0 Å². The Balaban J connectivity index is 1.81. The fourth-order valence-electron chi connectivity index (χ4n) is 3.48. The molecule has 142 valence electrons. The minimum absolute atomic E-state index is 0.521. The number of fused-ring (bicyclic) bond motifs is 1. The molecule has 1 saturated heterocycles. The predicted octanol–water partition coefficient (Wildman–Crippen LogP) is 3.92. The Bertz CT molecular complexity index is 942. The molecule has 0 amide bonds. The van der Waals surface area contributed by atoms with Crippen molar-refractivity contribution >= 4 is 17.0 Å². The van der Waals surface area contributed by atoms with Gasteiger partial charge in [-0.3, -0.25) is 4.98 Å². The number of aromatic nitrogens is 5. The molecular formula is C18H19F3N6. The monoisotopic (exact) mass is 376 g/mol. The number of pyridine rings is 1. The van der Waals surface area contributed by atoms with E-state index in [2.05, 4.69) is 19.9 Å². The molecule has 4 rings (SSSR count). The topological polar surface area (TPSA) is 59.7 Å². The number of rotatable bonds is 3. The molecule has 3 aromatic heterocycles. The largest absolute Gasteiger partial charge is 0.433 e. The van der Waals surface area contributed by atoms with Crippen LogP contribution in [-0.2, 0) is 12.7 Å². The summed E-state index contributed by atoms with van der Waals surface area (Å²) in [5, 5.41) is 0. The maximum absolute atomic E-state index is 12.8. The molecule has 3 aromatic rings. The van der Waals surface area contributed by atoms with Gasteiger partial charge >= 0.3 is 6.18 Å². The average Bonchev–Trinajstić information content (AvgIpc) is 3.06. The molecule has 6 nitrogen and oxygen atoms in total. The van der Waals surface area contributed by atoms with E-state index in [0.717, 1.165) is 37.8 Å². The number of halogens is 3. The Kier molecular flexibility index (Phi) is 4.45. The maximum atomic E-state index is 12.8. The van der Waals surface area contributed by atoms with Crippen molar-refractivity contribution in [1.82, 2.24) is 24.5 Å². The van der Waals surface area contributed by atoms with Gasteiger partial charge in [-0.25, -0.2) is 15.0 Å². The van der Waals surface area contributed by atoms with E-state index < -0.39 is 11.9 Å². The molecular weight excluding hydrogens is 357 g/mol. The van der Waals surface area contributed by atoms with Crippen molar-refractivity contribution in [1.29, 1.82) is 0 Å². The van der Waals surface area contributed by atoms with Crippen molar-refractivity contribution in [3.05, 3.63) is 30.4 Å². The number of anilines is 1. The van der Waals surface area contributed by atoms with Crippen LogP contribution in [0, 0.1) is 0 Å². The highest BCUT2D eigenvalue weighted by molar-refractivity contribution is 5.86. The molecule has 0 saturated carbocycles. The Morgan fingerprint density at radius 1 is 1.04 bits per heavy atom. The molecule has 0 aliphatic carbocycles. The van der Waals surface area contributed by atoms with Gasteiger partial charge < -0.3 is 9.47 Å². The van der Waals surface area contributed by atoms with Crippen molar-refractivity contribution in [3.63, 3.8) is 0 Å². The highest BCUT2D eigenvalue weighted by Gasteiger charge is 2.32. The minimum Gasteiger partial charge on any atom is -0.355 e. The van der Waals surface area contributed by atoms with Crippen molar-refractivity contribution in [2.45, 2.75) is 38.9 Å². The molecule has 1 aliphatic rings. The van der Waals surface area contributed by atoms with Crippen molar-refractivity contribution < 1.29 is 13.2 Å². The number of piperidine rings is 1. The lowest BCUT2D eigenvalue weighted by atomic mass is 10.1. The molecule has 0 unspecified atom stereocenters. The van der Waals surface area contributed by atoms with Crippen LogP contribution in [-0.4, -0.2) is 37.6 Å². The van der Waals surface area contributed by atoms with Gasteiger partial charge in [0.1, 0.15) is 17.8 Å². The van der Waals surface area contributed by atoms with Gasteiger partial charge in [-0.1, -0.05) is 0 Å². The Labute approximate surface area is 154 Å². The second-order valence-electron chi connectivity index (χ2n) is 6.53. The van der Waals surface area contributed by atoms with Crippen LogP contribution in [0.2, 0.25) is 0 Å². The van der Waals surface area contributed by atoms with Crippen LogP contribution in [0.5, 0.6) is 0 Å². The van der Waals surface area contributed by atoms with Crippen LogP contribution in [0.15, 0.2) is 24.7 Å². The number of alkyl halides is 3. The normalized spacial score (nSPS) is 15.5. The summed E-state index contributed by atoms with van der Waals surface area (Å²) in [5.74, 6) is 1.33. The Morgan fingerprint density at radius 2 is 1.81 bits per heavy atom. The van der Waals surface area contributed by atoms with E-state index in [9.17, 15) is 13.2 Å². The van der Waals surface area contributed by atoms with E-state index in [4.69, 9.17) is 4.98 Å². The molecule has 0 N–H and O–H groups in total. The van der Waals surface area contributed by atoms with E-state index in [-0.39, 0.29) is 0 Å². The third-order valence-corrected chi connectivity index (χ3v) is 4.80. The first-order valence-corrected chi connectivity index (χ1v) is 8.99. The fourth-order valence-corrected chi connectivity index (χ4v) is 3.48. The van der Waals surface area contributed by atoms with Gasteiger partial charge in [0.15, 0.2) is 17.0 Å². The SMILES string of the molecule is CCn1c(-c2ccc(C(F)(F)F)nc2)nc2c(N3CCCCC3)ncnc21. The molecule has 9 heteroatoms. The zero-order valence-electron chi connectivity index (χ0n) is 14.9. The lowest BCUT2D eigenvalue weighted by Crippen LogP contribution is -2.30. The van der Waals surface area contributed by atoms with Crippen LogP contribution < -0.4 is 4.90 Å². The molecule has 27 heavy (non-hydrogen) atoms. The van der Waals surface area contributed by atoms with Gasteiger partial charge in [0, 0.05) is 31.4 Å². The van der Waals surface area contributed by atoms with Crippen LogP contribution in [0.3, 0.4) is 0 Å². The third kappa shape index (κ3) is 3.22. The lowest BCUT2D eigenvalue weighted by molar-refractivity contribution is -0.141. The molecule has 0 atom stereocenters. The smallest absolute Gasteiger partial charge is 0.355 e. The standard InChI is InChI=1S/C18H19F3N6/c1-2-27-15(12-6-7-13(22-10-12)18(19,20)21)25-14-16(23-11-24-17(14)27)26-8-4-3-5-9-26/h6-7,10-11H,2-5,8-9H2,1H3. The van der Waals surface area contributed by atoms with Crippen molar-refractivity contribution in [3.8, 4) is 11.4 Å². The average molecular weight is 376 g/mol. The number of hydrogen-bond acceptors (Lipinski definition) is 5. The van der Waals surface area contributed by atoms with E-state index in [1.165, 1.54) is 25.0 Å². The first-order valence-electron chi connectivity index (χ1n) is 8.99. The van der Waals surface area contributed by atoms with Gasteiger partial charge in [0.05, 0.1) is 0 Å². The first-order chi connectivity index (χ1) is 13.0. The fraction of sp³-hybridized carbons (Fsp3) is 0.444. The molecule has 0 radical (unpaired) electrons. The number of imidazole rings is 1. The lowest BCUT2D eigenvalue weighted by Gasteiger charge is -2.27. The maximum Gasteiger partial charge on any atom is 0.433 e. The zero-order valence-corrected chi connectivity index (χ0v) is 14.9. The molecule has 0 aromatic carbocycles. The van der Waals surface area contributed by atoms with Gasteiger partial charge in [0.25, 0.3) is 0 Å². The highest BCUT2D eigenvalue weighted by Crippen LogP contribution is 2.32. The van der Waals surface area contributed by atoms with Crippen LogP contribution in [0.25, 0.3) is 22.6 Å². The number of aryl methyl sites for hydroxylation is 1. The van der Waals surface area contributed by atoms with Crippen LogP contribution in [0.4, 0.5) is 19.0 Å². The molecule has 1 fully saturated rings. The van der Waals surface area contributed by atoms with Crippen molar-refractivity contribution in [2.24, 2.45) is 0 Å². The summed E-state index contributed by atoms with van der Waals surface area (Å²) in [4.78, 5) is 19.3. The van der Waals surface area contributed by atoms with Crippen molar-refractivity contribution in [2.75, 3.05) is 18.0 Å². The minimum atomic E-state index is -4.46. The van der Waals surface area contributed by atoms with E-state index in [0.29, 0.717) is 29.1 Å². The molecule has 4 heterocycles. The van der Waals surface area contributed by atoms with Crippen LogP contribution in [0.1, 0.15) is 31.9 Å². The quantitative estimate of drug-likeness (QED) is 0.693. The van der Waals surface area contributed by atoms with Gasteiger partial charge in [0.2, 0.25) is 0 Å². The van der Waals surface area contributed by atoms with Gasteiger partial charge in [-0.15, -0.1) is 0 Å². The molecule has 0 spiro atoms. The second-order valence-corrected chi connectivity index (χ2v) is 6.53. The highest BCUT2D eigenvalue weighted by atomic mass is 19.4. The third-order valence-electron chi connectivity index (χ3n) is 4.80. The first kappa shape index (κ1) is 17.7. The number of nitrogens with zero attached hydrogens (tertiary/aromatic N) is 6. The Hall–Kier alpha value is -2.71. The zero-order chi connectivity index (χ0) is 19.0. The van der Waals surface area contributed by atoms with E-state index in [1.807, 2.05) is 11.5 Å². The number of hydrogen-bond donors (Lipinski definition) is 0. The Morgan fingerprint density at radius 3 is 2.44 bits per heavy atom. The van der Waals surface area contributed by atoms with Gasteiger partial charge in [-0.2, -0.15) is 13.2 Å². The second kappa shape index (κ2) is 6.79. The summed E-state index contributed by atoms with van der Waals surface area (Å²) >= 11 is 0. The summed E-state index contributed by atoms with van der Waals surface area (Å²) in [6.45, 7) is 4.37. The van der Waals surface area contributed by atoms with E-state index in [1.54, 1.807) is 0 Å². The summed E-state index contributed by atoms with van der Waals surface area (Å²) in [6.07, 6.45) is 1.69. The summed E-state index contributed by atoms with van der Waals surface area (Å²) in [7, 11) is 0. The molecule has 1 aliphatic heterocycles. The van der Waals surface area contributed by atoms with Gasteiger partial charge in [-0.05, 0) is 38.3 Å².